The lowest BCUT2D eigenvalue weighted by Gasteiger charge is -2.06. The summed E-state index contributed by atoms with van der Waals surface area (Å²) in [6.45, 7) is 2.13. The van der Waals surface area contributed by atoms with Crippen molar-refractivity contribution in [1.29, 1.82) is 0 Å². The molecule has 1 aromatic rings. The number of aryl methyl sites for hydroxylation is 1. The SMILES string of the molecule is CCS(=O)(=O)CCn1ccc(C(O)C2CC2)c1. The molecule has 0 saturated heterocycles. The molecule has 1 atom stereocenters. The standard InChI is InChI=1S/C12H19NO3S/c1-2-17(15,16)8-7-13-6-5-11(9-13)12(14)10-3-4-10/h5-6,9-10,12,14H,2-4,7-8H2,1H3. The molecule has 1 aliphatic carbocycles. The summed E-state index contributed by atoms with van der Waals surface area (Å²) in [4.78, 5) is 0. The zero-order valence-corrected chi connectivity index (χ0v) is 10.9. The Morgan fingerprint density at radius 3 is 2.82 bits per heavy atom. The van der Waals surface area contributed by atoms with E-state index in [2.05, 4.69) is 0 Å². The summed E-state index contributed by atoms with van der Waals surface area (Å²) in [5.41, 5.74) is 0.904. The highest BCUT2D eigenvalue weighted by Gasteiger charge is 2.31. The first-order chi connectivity index (χ1) is 8.02. The monoisotopic (exact) mass is 257 g/mol. The van der Waals surface area contributed by atoms with Crippen LogP contribution in [0.15, 0.2) is 18.5 Å². The van der Waals surface area contributed by atoms with Gasteiger partial charge in [0, 0.05) is 24.7 Å². The van der Waals surface area contributed by atoms with Crippen LogP contribution in [0.25, 0.3) is 0 Å². The van der Waals surface area contributed by atoms with E-state index in [1.54, 1.807) is 6.92 Å². The predicted octanol–water partition coefficient (Wildman–Crippen LogP) is 1.37. The molecular weight excluding hydrogens is 238 g/mol. The highest BCUT2D eigenvalue weighted by atomic mass is 32.2. The van der Waals surface area contributed by atoms with Crippen molar-refractivity contribution in [3.8, 4) is 0 Å². The fourth-order valence-electron chi connectivity index (χ4n) is 1.85. The zero-order chi connectivity index (χ0) is 12.5. The lowest BCUT2D eigenvalue weighted by atomic mass is 10.1. The first kappa shape index (κ1) is 12.6. The smallest absolute Gasteiger partial charge is 0.151 e. The molecule has 0 amide bonds. The highest BCUT2D eigenvalue weighted by Crippen LogP contribution is 2.40. The third-order valence-electron chi connectivity index (χ3n) is 3.28. The summed E-state index contributed by atoms with van der Waals surface area (Å²) < 4.78 is 24.6. The van der Waals surface area contributed by atoms with E-state index in [9.17, 15) is 13.5 Å². The van der Waals surface area contributed by atoms with Crippen LogP contribution in [0, 0.1) is 5.92 Å². The number of hydrogen-bond donors (Lipinski definition) is 1. The molecule has 1 heterocycles. The molecule has 0 bridgehead atoms. The quantitative estimate of drug-likeness (QED) is 0.837. The Morgan fingerprint density at radius 2 is 2.24 bits per heavy atom. The Labute approximate surface area is 102 Å². The molecule has 1 fully saturated rings. The second-order valence-corrected chi connectivity index (χ2v) is 7.17. The number of nitrogens with zero attached hydrogens (tertiary/aromatic N) is 1. The molecular formula is C12H19NO3S. The molecule has 4 nitrogen and oxygen atoms in total. The van der Waals surface area contributed by atoms with E-state index in [-0.39, 0.29) is 17.6 Å². The van der Waals surface area contributed by atoms with Crippen molar-refractivity contribution < 1.29 is 13.5 Å². The first-order valence-corrected chi connectivity index (χ1v) is 7.88. The molecule has 0 aromatic carbocycles. The minimum absolute atomic E-state index is 0.164. The van der Waals surface area contributed by atoms with E-state index in [4.69, 9.17) is 0 Å². The Balaban J connectivity index is 1.94. The van der Waals surface area contributed by atoms with Crippen LogP contribution in [0.2, 0.25) is 0 Å². The molecule has 96 valence electrons. The summed E-state index contributed by atoms with van der Waals surface area (Å²) in [7, 11) is -2.92. The number of hydrogen-bond acceptors (Lipinski definition) is 3. The average molecular weight is 257 g/mol. The third-order valence-corrected chi connectivity index (χ3v) is 4.97. The molecule has 1 saturated carbocycles. The Morgan fingerprint density at radius 1 is 1.53 bits per heavy atom. The maximum Gasteiger partial charge on any atom is 0.151 e. The van der Waals surface area contributed by atoms with Crippen LogP contribution < -0.4 is 0 Å². The first-order valence-electron chi connectivity index (χ1n) is 6.06. The van der Waals surface area contributed by atoms with E-state index < -0.39 is 9.84 Å². The van der Waals surface area contributed by atoms with Gasteiger partial charge in [0.2, 0.25) is 0 Å². The number of aliphatic hydroxyl groups is 1. The van der Waals surface area contributed by atoms with Crippen molar-refractivity contribution in [2.75, 3.05) is 11.5 Å². The lowest BCUT2D eigenvalue weighted by Crippen LogP contribution is -2.13. The summed E-state index contributed by atoms with van der Waals surface area (Å²) >= 11 is 0. The summed E-state index contributed by atoms with van der Waals surface area (Å²) in [6.07, 6.45) is 5.51. The van der Waals surface area contributed by atoms with Gasteiger partial charge in [0.1, 0.15) is 0 Å². The Bertz CT molecular complexity index is 474. The summed E-state index contributed by atoms with van der Waals surface area (Å²) in [6, 6.07) is 1.88. The molecule has 0 aliphatic heterocycles. The van der Waals surface area contributed by atoms with Crippen LogP contribution in [0.3, 0.4) is 0 Å². The molecule has 2 rings (SSSR count). The fraction of sp³-hybridized carbons (Fsp3) is 0.667. The molecule has 0 spiro atoms. The molecule has 17 heavy (non-hydrogen) atoms. The zero-order valence-electron chi connectivity index (χ0n) is 10.0. The average Bonchev–Trinajstić information content (AvgIpc) is 3.05. The largest absolute Gasteiger partial charge is 0.388 e. The lowest BCUT2D eigenvalue weighted by molar-refractivity contribution is 0.154. The highest BCUT2D eigenvalue weighted by molar-refractivity contribution is 7.91. The van der Waals surface area contributed by atoms with Crippen molar-refractivity contribution in [1.82, 2.24) is 4.57 Å². The van der Waals surface area contributed by atoms with Gasteiger partial charge >= 0.3 is 0 Å². The Hall–Kier alpha value is -0.810. The van der Waals surface area contributed by atoms with Gasteiger partial charge in [-0.25, -0.2) is 8.42 Å². The normalized spacial score (nSPS) is 18.2. The van der Waals surface area contributed by atoms with Gasteiger partial charge in [-0.05, 0) is 30.4 Å². The summed E-state index contributed by atoms with van der Waals surface area (Å²) in [5, 5.41) is 9.92. The molecule has 0 radical (unpaired) electrons. The molecule has 5 heteroatoms. The van der Waals surface area contributed by atoms with Crippen molar-refractivity contribution >= 4 is 9.84 Å². The molecule has 1 aliphatic rings. The van der Waals surface area contributed by atoms with Crippen LogP contribution in [-0.4, -0.2) is 29.6 Å². The molecule has 1 aromatic heterocycles. The van der Waals surface area contributed by atoms with Crippen molar-refractivity contribution in [2.24, 2.45) is 5.92 Å². The van der Waals surface area contributed by atoms with E-state index in [1.807, 2.05) is 23.0 Å². The molecule has 1 N–H and O–H groups in total. The fourth-order valence-corrected chi connectivity index (χ4v) is 2.62. The van der Waals surface area contributed by atoms with Crippen molar-refractivity contribution in [2.45, 2.75) is 32.4 Å². The Kier molecular flexibility index (Phi) is 3.58. The number of rotatable bonds is 6. The predicted molar refractivity (Wildman–Crippen MR) is 66.4 cm³/mol. The maximum atomic E-state index is 11.4. The van der Waals surface area contributed by atoms with Gasteiger partial charge < -0.3 is 9.67 Å². The van der Waals surface area contributed by atoms with E-state index in [0.29, 0.717) is 12.5 Å². The van der Waals surface area contributed by atoms with Gasteiger partial charge in [-0.3, -0.25) is 0 Å². The van der Waals surface area contributed by atoms with Crippen LogP contribution in [0.5, 0.6) is 0 Å². The van der Waals surface area contributed by atoms with Crippen LogP contribution in [0.1, 0.15) is 31.4 Å². The maximum absolute atomic E-state index is 11.4. The second kappa shape index (κ2) is 4.82. The second-order valence-electron chi connectivity index (χ2n) is 4.70. The van der Waals surface area contributed by atoms with Crippen molar-refractivity contribution in [3.63, 3.8) is 0 Å². The summed E-state index contributed by atoms with van der Waals surface area (Å²) in [5.74, 6) is 0.758. The topological polar surface area (TPSA) is 59.3 Å². The minimum Gasteiger partial charge on any atom is -0.388 e. The van der Waals surface area contributed by atoms with Gasteiger partial charge in [0.15, 0.2) is 9.84 Å². The van der Waals surface area contributed by atoms with Gasteiger partial charge in [-0.1, -0.05) is 6.92 Å². The van der Waals surface area contributed by atoms with Gasteiger partial charge in [-0.2, -0.15) is 0 Å². The molecule has 1 unspecified atom stereocenters. The van der Waals surface area contributed by atoms with E-state index in [1.165, 1.54) is 0 Å². The van der Waals surface area contributed by atoms with Crippen LogP contribution in [0.4, 0.5) is 0 Å². The number of aromatic nitrogens is 1. The van der Waals surface area contributed by atoms with Crippen molar-refractivity contribution in [3.05, 3.63) is 24.0 Å². The minimum atomic E-state index is -2.92. The van der Waals surface area contributed by atoms with Gasteiger partial charge in [-0.15, -0.1) is 0 Å². The van der Waals surface area contributed by atoms with Crippen LogP contribution in [-0.2, 0) is 16.4 Å². The van der Waals surface area contributed by atoms with Gasteiger partial charge in [0.25, 0.3) is 0 Å². The third kappa shape index (κ3) is 3.33. The number of aliphatic hydroxyl groups excluding tert-OH is 1. The van der Waals surface area contributed by atoms with E-state index >= 15 is 0 Å². The van der Waals surface area contributed by atoms with Gasteiger partial charge in [0.05, 0.1) is 11.9 Å². The number of sulfone groups is 1. The van der Waals surface area contributed by atoms with Crippen LogP contribution >= 0.6 is 0 Å². The van der Waals surface area contributed by atoms with E-state index in [0.717, 1.165) is 18.4 Å².